The topological polar surface area (TPSA) is 49.4 Å². The summed E-state index contributed by atoms with van der Waals surface area (Å²) in [6.07, 6.45) is 1.25. The molecule has 0 saturated carbocycles. The van der Waals surface area contributed by atoms with Gasteiger partial charge in [0.25, 0.3) is 0 Å². The van der Waals surface area contributed by atoms with Gasteiger partial charge in [-0.25, -0.2) is 0 Å². The fourth-order valence-corrected chi connectivity index (χ4v) is 4.82. The maximum absolute atomic E-state index is 13.6. The van der Waals surface area contributed by atoms with Crippen molar-refractivity contribution in [2.24, 2.45) is 0 Å². The number of carbonyl (C=O) groups excluding carboxylic acids is 2. The normalized spacial score (nSPS) is 12.6. The summed E-state index contributed by atoms with van der Waals surface area (Å²) in [4.78, 5) is 28.8. The second kappa shape index (κ2) is 14.3. The van der Waals surface area contributed by atoms with Gasteiger partial charge in [-0.05, 0) is 54.3 Å². The molecule has 0 fully saturated rings. The van der Waals surface area contributed by atoms with Gasteiger partial charge in [-0.1, -0.05) is 84.7 Å². The van der Waals surface area contributed by atoms with Crippen LogP contribution in [-0.4, -0.2) is 34.6 Å². The first-order valence-corrected chi connectivity index (χ1v) is 14.0. The van der Waals surface area contributed by atoms with Crippen molar-refractivity contribution in [1.29, 1.82) is 0 Å². The van der Waals surface area contributed by atoms with Crippen LogP contribution >= 0.6 is 35.0 Å². The predicted octanol–water partition coefficient (Wildman–Crippen LogP) is 6.78. The first-order valence-electron chi connectivity index (χ1n) is 12.1. The van der Waals surface area contributed by atoms with Crippen molar-refractivity contribution in [3.63, 3.8) is 0 Å². The average Bonchev–Trinajstić information content (AvgIpc) is 2.88. The van der Waals surface area contributed by atoms with E-state index in [0.29, 0.717) is 28.8 Å². The highest BCUT2D eigenvalue weighted by molar-refractivity contribution is 7.99. The van der Waals surface area contributed by atoms with Crippen molar-refractivity contribution in [3.05, 3.63) is 106 Å². The Morgan fingerprint density at radius 3 is 2.03 bits per heavy atom. The Kier molecular flexibility index (Phi) is 11.2. The van der Waals surface area contributed by atoms with Crippen LogP contribution in [0.5, 0.6) is 0 Å². The largest absolute Gasteiger partial charge is 0.352 e. The Morgan fingerprint density at radius 2 is 1.44 bits per heavy atom. The summed E-state index contributed by atoms with van der Waals surface area (Å²) >= 11 is 13.6. The molecule has 7 heteroatoms. The lowest BCUT2D eigenvalue weighted by atomic mass is 10.0. The summed E-state index contributed by atoms with van der Waals surface area (Å²) in [6, 6.07) is 24.2. The van der Waals surface area contributed by atoms with E-state index < -0.39 is 6.04 Å². The highest BCUT2D eigenvalue weighted by atomic mass is 35.5. The molecule has 2 atom stereocenters. The summed E-state index contributed by atoms with van der Waals surface area (Å²) in [6.45, 7) is 4.33. The molecular weight excluding hydrogens is 511 g/mol. The molecule has 0 aliphatic rings. The molecule has 0 radical (unpaired) electrons. The summed E-state index contributed by atoms with van der Waals surface area (Å²) in [5, 5.41) is 4.41. The van der Waals surface area contributed by atoms with Crippen molar-refractivity contribution in [2.75, 3.05) is 5.75 Å². The molecule has 190 valence electrons. The molecule has 0 aromatic heterocycles. The van der Waals surface area contributed by atoms with E-state index in [1.54, 1.807) is 17.0 Å². The Hall–Kier alpha value is -2.47. The van der Waals surface area contributed by atoms with Crippen LogP contribution in [0.2, 0.25) is 10.0 Å². The maximum Gasteiger partial charge on any atom is 0.243 e. The number of thioether (sulfide) groups is 1. The highest BCUT2D eigenvalue weighted by Crippen LogP contribution is 2.20. The van der Waals surface area contributed by atoms with E-state index in [1.807, 2.05) is 80.6 Å². The smallest absolute Gasteiger partial charge is 0.243 e. The van der Waals surface area contributed by atoms with Crippen molar-refractivity contribution < 1.29 is 9.59 Å². The molecule has 4 nitrogen and oxygen atoms in total. The lowest BCUT2D eigenvalue weighted by molar-refractivity contribution is -0.139. The van der Waals surface area contributed by atoms with Gasteiger partial charge in [0, 0.05) is 34.8 Å². The van der Waals surface area contributed by atoms with Crippen molar-refractivity contribution in [1.82, 2.24) is 10.2 Å². The highest BCUT2D eigenvalue weighted by Gasteiger charge is 2.30. The van der Waals surface area contributed by atoms with Gasteiger partial charge in [0.05, 0.1) is 5.75 Å². The van der Waals surface area contributed by atoms with Crippen LogP contribution in [0, 0.1) is 0 Å². The Balaban J connectivity index is 1.84. The fraction of sp³-hybridized carbons (Fsp3) is 0.310. The molecule has 2 amide bonds. The third-order valence-electron chi connectivity index (χ3n) is 5.95. The van der Waals surface area contributed by atoms with E-state index in [2.05, 4.69) is 5.32 Å². The molecule has 3 aromatic carbocycles. The molecule has 3 rings (SSSR count). The van der Waals surface area contributed by atoms with Crippen molar-refractivity contribution >= 4 is 46.8 Å². The van der Waals surface area contributed by atoms with Crippen LogP contribution in [0.25, 0.3) is 0 Å². The quantitative estimate of drug-likeness (QED) is 0.274. The molecule has 1 N–H and O–H groups in total. The van der Waals surface area contributed by atoms with Gasteiger partial charge >= 0.3 is 0 Å². The number of hydrogen-bond acceptors (Lipinski definition) is 3. The van der Waals surface area contributed by atoms with Gasteiger partial charge in [-0.15, -0.1) is 11.8 Å². The van der Waals surface area contributed by atoms with Gasteiger partial charge in [-0.3, -0.25) is 9.59 Å². The molecule has 0 unspecified atom stereocenters. The van der Waals surface area contributed by atoms with Gasteiger partial charge in [0.2, 0.25) is 11.8 Å². The molecule has 0 heterocycles. The number of benzene rings is 3. The summed E-state index contributed by atoms with van der Waals surface area (Å²) in [5.41, 5.74) is 3.02. The second-order valence-electron chi connectivity index (χ2n) is 8.79. The number of hydrogen-bond donors (Lipinski definition) is 1. The van der Waals surface area contributed by atoms with Gasteiger partial charge < -0.3 is 10.2 Å². The number of nitrogens with zero attached hydrogens (tertiary/aromatic N) is 1. The first kappa shape index (κ1) is 28.1. The number of amides is 2. The summed E-state index contributed by atoms with van der Waals surface area (Å²) < 4.78 is 0. The Morgan fingerprint density at radius 1 is 0.861 bits per heavy atom. The monoisotopic (exact) mass is 542 g/mol. The van der Waals surface area contributed by atoms with E-state index >= 15 is 0 Å². The van der Waals surface area contributed by atoms with Gasteiger partial charge in [0.15, 0.2) is 0 Å². The maximum atomic E-state index is 13.6. The molecule has 3 aromatic rings. The number of carbonyl (C=O) groups is 2. The molecule has 0 aliphatic heterocycles. The molecular formula is C29H32Cl2N2O2S. The average molecular weight is 544 g/mol. The zero-order chi connectivity index (χ0) is 25.9. The van der Waals surface area contributed by atoms with Crippen molar-refractivity contribution in [2.45, 2.75) is 51.1 Å². The van der Waals surface area contributed by atoms with E-state index in [4.69, 9.17) is 23.2 Å². The van der Waals surface area contributed by atoms with Crippen LogP contribution < -0.4 is 5.32 Å². The summed E-state index contributed by atoms with van der Waals surface area (Å²) in [5.74, 6) is 0.723. The van der Waals surface area contributed by atoms with E-state index in [9.17, 15) is 9.59 Å². The van der Waals surface area contributed by atoms with E-state index in [-0.39, 0.29) is 23.6 Å². The van der Waals surface area contributed by atoms with Crippen LogP contribution in [0.15, 0.2) is 78.9 Å². The zero-order valence-corrected chi connectivity index (χ0v) is 23.0. The SMILES string of the molecule is CC[C@@H](C)NC(=O)[C@H](Cc1ccccc1)N(Cc1ccc(Cl)cc1)C(=O)CSCc1ccc(Cl)cc1. The third kappa shape index (κ3) is 8.88. The molecule has 0 spiro atoms. The minimum absolute atomic E-state index is 0.0162. The Bertz CT molecular complexity index is 1110. The first-order chi connectivity index (χ1) is 17.4. The lowest BCUT2D eigenvalue weighted by Crippen LogP contribution is -2.52. The lowest BCUT2D eigenvalue weighted by Gasteiger charge is -2.32. The zero-order valence-electron chi connectivity index (χ0n) is 20.6. The minimum atomic E-state index is -0.638. The minimum Gasteiger partial charge on any atom is -0.352 e. The molecule has 0 saturated heterocycles. The predicted molar refractivity (Wildman–Crippen MR) is 151 cm³/mol. The van der Waals surface area contributed by atoms with Crippen LogP contribution in [0.1, 0.15) is 37.0 Å². The Labute approximate surface area is 228 Å². The molecule has 36 heavy (non-hydrogen) atoms. The molecule has 0 aliphatic carbocycles. The second-order valence-corrected chi connectivity index (χ2v) is 10.6. The summed E-state index contributed by atoms with van der Waals surface area (Å²) in [7, 11) is 0. The molecule has 0 bridgehead atoms. The fourth-order valence-electron chi connectivity index (χ4n) is 3.70. The van der Waals surface area contributed by atoms with Gasteiger partial charge in [0.1, 0.15) is 6.04 Å². The van der Waals surface area contributed by atoms with E-state index in [1.165, 1.54) is 11.8 Å². The number of rotatable bonds is 12. The van der Waals surface area contributed by atoms with Crippen molar-refractivity contribution in [3.8, 4) is 0 Å². The third-order valence-corrected chi connectivity index (χ3v) is 7.44. The standard InChI is InChI=1S/C29H32Cl2N2O2S/c1-3-21(2)32-29(35)27(17-22-7-5-4-6-8-22)33(18-23-9-13-25(30)14-10-23)28(34)20-36-19-24-11-15-26(31)16-12-24/h4-16,21,27H,3,17-20H2,1-2H3,(H,32,35)/t21-,27+/m1/s1. The van der Waals surface area contributed by atoms with E-state index in [0.717, 1.165) is 23.1 Å². The number of nitrogens with one attached hydrogen (secondary N) is 1. The van der Waals surface area contributed by atoms with Crippen LogP contribution in [0.3, 0.4) is 0 Å². The van der Waals surface area contributed by atoms with Crippen LogP contribution in [0.4, 0.5) is 0 Å². The van der Waals surface area contributed by atoms with Crippen LogP contribution in [-0.2, 0) is 28.3 Å². The number of halogens is 2. The van der Waals surface area contributed by atoms with Gasteiger partial charge in [-0.2, -0.15) is 0 Å².